The first-order valence-electron chi connectivity index (χ1n) is 8.58. The van der Waals surface area contributed by atoms with Crippen LogP contribution in [0, 0.1) is 13.8 Å². The summed E-state index contributed by atoms with van der Waals surface area (Å²) in [6.07, 6.45) is -4.54. The number of benzene rings is 1. The second-order valence-electron chi connectivity index (χ2n) is 6.48. The first kappa shape index (κ1) is 19.4. The summed E-state index contributed by atoms with van der Waals surface area (Å²) in [7, 11) is 0. The van der Waals surface area contributed by atoms with E-state index in [0.29, 0.717) is 18.8 Å². The van der Waals surface area contributed by atoms with Crippen LogP contribution in [0.15, 0.2) is 24.3 Å². The Morgan fingerprint density at radius 3 is 2.74 bits per heavy atom. The zero-order valence-electron chi connectivity index (χ0n) is 15.1. The number of alkyl halides is 3. The van der Waals surface area contributed by atoms with Crippen LogP contribution in [0.1, 0.15) is 22.5 Å². The van der Waals surface area contributed by atoms with Gasteiger partial charge in [-0.15, -0.1) is 0 Å². The number of carbonyl (C=O) groups is 1. The molecule has 1 fully saturated rings. The van der Waals surface area contributed by atoms with Crippen molar-refractivity contribution >= 4 is 5.91 Å². The number of nitrogens with zero attached hydrogens (tertiary/aromatic N) is 2. The Morgan fingerprint density at radius 1 is 1.37 bits per heavy atom. The minimum atomic E-state index is -4.54. The Bertz CT molecular complexity index is 826. The summed E-state index contributed by atoms with van der Waals surface area (Å²) < 4.78 is 47.3. The van der Waals surface area contributed by atoms with Crippen LogP contribution in [0.4, 0.5) is 13.2 Å². The molecule has 146 valence electrons. The molecule has 0 aliphatic carbocycles. The molecule has 27 heavy (non-hydrogen) atoms. The van der Waals surface area contributed by atoms with Crippen molar-refractivity contribution < 1.29 is 22.7 Å². The number of rotatable bonds is 4. The van der Waals surface area contributed by atoms with E-state index in [1.165, 1.54) is 10.7 Å². The van der Waals surface area contributed by atoms with Crippen LogP contribution in [0.5, 0.6) is 0 Å². The van der Waals surface area contributed by atoms with Crippen LogP contribution in [0.25, 0.3) is 5.69 Å². The highest BCUT2D eigenvalue weighted by Crippen LogP contribution is 2.33. The van der Waals surface area contributed by atoms with Crippen molar-refractivity contribution in [3.8, 4) is 5.69 Å². The third-order valence-corrected chi connectivity index (χ3v) is 4.34. The first-order valence-corrected chi connectivity index (χ1v) is 8.58. The Kier molecular flexibility index (Phi) is 5.52. The molecule has 0 spiro atoms. The van der Waals surface area contributed by atoms with E-state index in [-0.39, 0.29) is 24.6 Å². The molecule has 0 saturated carbocycles. The molecule has 9 heteroatoms. The summed E-state index contributed by atoms with van der Waals surface area (Å²) in [6, 6.07) is 5.24. The molecule has 1 aromatic heterocycles. The average Bonchev–Trinajstić information content (AvgIpc) is 2.97. The second kappa shape index (κ2) is 7.69. The molecule has 1 unspecified atom stereocenters. The van der Waals surface area contributed by atoms with Gasteiger partial charge in [-0.2, -0.15) is 18.3 Å². The molecule has 3 rings (SSSR count). The van der Waals surface area contributed by atoms with Crippen molar-refractivity contribution in [2.24, 2.45) is 0 Å². The van der Waals surface area contributed by atoms with Crippen LogP contribution in [-0.4, -0.2) is 41.5 Å². The maximum atomic E-state index is 13.6. The van der Waals surface area contributed by atoms with E-state index < -0.39 is 17.8 Å². The predicted molar refractivity (Wildman–Crippen MR) is 92.5 cm³/mol. The van der Waals surface area contributed by atoms with Gasteiger partial charge in [-0.1, -0.05) is 6.07 Å². The van der Waals surface area contributed by atoms with Gasteiger partial charge in [0.25, 0.3) is 0 Å². The fourth-order valence-electron chi connectivity index (χ4n) is 3.04. The number of hydrogen-bond acceptors (Lipinski definition) is 4. The van der Waals surface area contributed by atoms with Crippen molar-refractivity contribution in [2.75, 3.05) is 19.8 Å². The van der Waals surface area contributed by atoms with Gasteiger partial charge < -0.3 is 15.4 Å². The number of amides is 1. The number of ether oxygens (including phenoxy) is 1. The molecule has 2 aromatic rings. The van der Waals surface area contributed by atoms with Gasteiger partial charge in [-0.3, -0.25) is 4.79 Å². The van der Waals surface area contributed by atoms with Gasteiger partial charge in [-0.25, -0.2) is 4.68 Å². The van der Waals surface area contributed by atoms with E-state index in [9.17, 15) is 18.0 Å². The molecule has 1 aliphatic heterocycles. The van der Waals surface area contributed by atoms with Gasteiger partial charge in [-0.05, 0) is 37.6 Å². The number of halogens is 3. The Hall–Kier alpha value is -2.39. The van der Waals surface area contributed by atoms with E-state index in [0.717, 1.165) is 17.5 Å². The number of aryl methyl sites for hydroxylation is 2. The molecule has 1 aromatic carbocycles. The Balaban J connectivity index is 1.82. The van der Waals surface area contributed by atoms with Gasteiger partial charge in [0.2, 0.25) is 5.91 Å². The summed E-state index contributed by atoms with van der Waals surface area (Å²) in [6.45, 7) is 4.58. The van der Waals surface area contributed by atoms with E-state index >= 15 is 0 Å². The molecule has 6 nitrogen and oxygen atoms in total. The fraction of sp³-hybridized carbons (Fsp3) is 0.444. The van der Waals surface area contributed by atoms with Crippen LogP contribution in [0.3, 0.4) is 0 Å². The van der Waals surface area contributed by atoms with E-state index in [2.05, 4.69) is 15.7 Å². The quantitative estimate of drug-likeness (QED) is 0.850. The Morgan fingerprint density at radius 2 is 2.15 bits per heavy atom. The van der Waals surface area contributed by atoms with Gasteiger partial charge in [0, 0.05) is 18.8 Å². The summed E-state index contributed by atoms with van der Waals surface area (Å²) in [5.41, 5.74) is 0.994. The molecule has 0 bridgehead atoms. The fourth-order valence-corrected chi connectivity index (χ4v) is 3.04. The molecular formula is C18H21F3N4O2. The predicted octanol–water partition coefficient (Wildman–Crippen LogP) is 2.11. The van der Waals surface area contributed by atoms with Crippen LogP contribution in [0.2, 0.25) is 0 Å². The molecular weight excluding hydrogens is 361 g/mol. The lowest BCUT2D eigenvalue weighted by atomic mass is 10.1. The number of nitrogens with one attached hydrogen (secondary N) is 2. The van der Waals surface area contributed by atoms with E-state index in [1.807, 2.05) is 0 Å². The zero-order valence-corrected chi connectivity index (χ0v) is 15.1. The molecule has 2 N–H and O–H groups in total. The summed E-state index contributed by atoms with van der Waals surface area (Å²) in [5, 5.41) is 9.75. The first-order chi connectivity index (χ1) is 12.8. The van der Waals surface area contributed by atoms with Gasteiger partial charge >= 0.3 is 6.18 Å². The largest absolute Gasteiger partial charge is 0.416 e. The SMILES string of the molecule is Cc1cc(C)n(-c2ccc(CNC(=O)C3COCCN3)c(C(F)(F)F)c2)n1. The van der Waals surface area contributed by atoms with Crippen molar-refractivity contribution in [1.29, 1.82) is 0 Å². The summed E-state index contributed by atoms with van der Waals surface area (Å²) in [4.78, 5) is 12.1. The van der Waals surface area contributed by atoms with Gasteiger partial charge in [0.15, 0.2) is 0 Å². The molecule has 1 amide bonds. The highest BCUT2D eigenvalue weighted by Gasteiger charge is 2.34. The minimum Gasteiger partial charge on any atom is -0.378 e. The summed E-state index contributed by atoms with van der Waals surface area (Å²) >= 11 is 0. The summed E-state index contributed by atoms with van der Waals surface area (Å²) in [5.74, 6) is -0.384. The number of aromatic nitrogens is 2. The smallest absolute Gasteiger partial charge is 0.378 e. The van der Waals surface area contributed by atoms with Crippen molar-refractivity contribution in [3.05, 3.63) is 46.8 Å². The van der Waals surface area contributed by atoms with E-state index in [1.54, 1.807) is 26.0 Å². The monoisotopic (exact) mass is 382 g/mol. The van der Waals surface area contributed by atoms with Crippen LogP contribution >= 0.6 is 0 Å². The van der Waals surface area contributed by atoms with Crippen molar-refractivity contribution in [1.82, 2.24) is 20.4 Å². The van der Waals surface area contributed by atoms with Crippen molar-refractivity contribution in [2.45, 2.75) is 32.6 Å². The maximum Gasteiger partial charge on any atom is 0.416 e. The highest BCUT2D eigenvalue weighted by atomic mass is 19.4. The molecule has 1 aliphatic rings. The lowest BCUT2D eigenvalue weighted by Gasteiger charge is -2.23. The lowest BCUT2D eigenvalue weighted by Crippen LogP contribution is -2.51. The van der Waals surface area contributed by atoms with Gasteiger partial charge in [0.1, 0.15) is 6.04 Å². The molecule has 0 radical (unpaired) electrons. The third-order valence-electron chi connectivity index (χ3n) is 4.34. The number of carbonyl (C=O) groups excluding carboxylic acids is 1. The van der Waals surface area contributed by atoms with Crippen LogP contribution < -0.4 is 10.6 Å². The molecule has 1 atom stereocenters. The maximum absolute atomic E-state index is 13.6. The molecule has 2 heterocycles. The zero-order chi connectivity index (χ0) is 19.6. The number of hydrogen-bond donors (Lipinski definition) is 2. The van der Waals surface area contributed by atoms with Crippen LogP contribution in [-0.2, 0) is 22.3 Å². The third kappa shape index (κ3) is 4.48. The lowest BCUT2D eigenvalue weighted by molar-refractivity contribution is -0.138. The highest BCUT2D eigenvalue weighted by molar-refractivity contribution is 5.82. The average molecular weight is 382 g/mol. The second-order valence-corrected chi connectivity index (χ2v) is 6.48. The Labute approximate surface area is 154 Å². The number of morpholine rings is 1. The van der Waals surface area contributed by atoms with Gasteiger partial charge in [0.05, 0.1) is 30.2 Å². The topological polar surface area (TPSA) is 68.2 Å². The normalized spacial score (nSPS) is 17.7. The minimum absolute atomic E-state index is 0.00198. The molecule has 1 saturated heterocycles. The standard InChI is InChI=1S/C18H21F3N4O2/c1-11-7-12(2)25(24-11)14-4-3-13(15(8-14)18(19,20)21)9-23-17(26)16-10-27-6-5-22-16/h3-4,7-8,16,22H,5-6,9-10H2,1-2H3,(H,23,26). The van der Waals surface area contributed by atoms with E-state index in [4.69, 9.17) is 4.74 Å². The van der Waals surface area contributed by atoms with Crippen molar-refractivity contribution in [3.63, 3.8) is 0 Å².